The number of nitrogens with zero attached hydrogens (tertiary/aromatic N) is 5. The van der Waals surface area contributed by atoms with Crippen molar-refractivity contribution in [2.24, 2.45) is 5.73 Å². The van der Waals surface area contributed by atoms with Crippen LogP contribution in [0.25, 0.3) is 5.95 Å². The third-order valence-electron chi connectivity index (χ3n) is 6.01. The number of carboxylic acids is 1. The molecule has 5 rings (SSSR count). The van der Waals surface area contributed by atoms with E-state index in [-0.39, 0.29) is 30.8 Å². The van der Waals surface area contributed by atoms with Crippen molar-refractivity contribution in [3.05, 3.63) is 82.3 Å². The quantitative estimate of drug-likeness (QED) is 0.139. The Bertz CT molecular complexity index is 1670. The summed E-state index contributed by atoms with van der Waals surface area (Å²) >= 11 is 0. The van der Waals surface area contributed by atoms with Crippen molar-refractivity contribution < 1.29 is 28.6 Å². The number of aliphatic carboxylic acids is 1. The summed E-state index contributed by atoms with van der Waals surface area (Å²) in [4.78, 5) is 46.6. The van der Waals surface area contributed by atoms with E-state index in [0.29, 0.717) is 34.0 Å². The summed E-state index contributed by atoms with van der Waals surface area (Å²) in [5.74, 6) is -0.430. The van der Waals surface area contributed by atoms with Crippen LogP contribution in [0.15, 0.2) is 59.7 Å². The van der Waals surface area contributed by atoms with Crippen LogP contribution in [0.5, 0.6) is 11.5 Å². The van der Waals surface area contributed by atoms with Gasteiger partial charge in [-0.25, -0.2) is 19.2 Å². The number of benzene rings is 2. The maximum absolute atomic E-state index is 13.4. The molecule has 6 N–H and O–H groups in total. The first kappa shape index (κ1) is 30.2. The summed E-state index contributed by atoms with van der Waals surface area (Å²) in [6, 6.07) is 10.9. The van der Waals surface area contributed by atoms with Crippen molar-refractivity contribution in [1.82, 2.24) is 24.7 Å². The fourth-order valence-electron chi connectivity index (χ4n) is 4.18. The lowest BCUT2D eigenvalue weighted by Crippen LogP contribution is -2.40. The van der Waals surface area contributed by atoms with E-state index in [9.17, 15) is 14.0 Å². The van der Waals surface area contributed by atoms with Gasteiger partial charge in [0.1, 0.15) is 18.6 Å². The van der Waals surface area contributed by atoms with Crippen LogP contribution in [0, 0.1) is 5.41 Å². The molecule has 0 saturated carbocycles. The number of halogens is 1. The number of rotatable bonds is 9. The number of carbonyl (C=O) groups excluding carboxylic acids is 1. The number of fused-ring (bicyclic) bond motifs is 1. The molecular weight excluding hydrogens is 565 g/mol. The van der Waals surface area contributed by atoms with Crippen molar-refractivity contribution in [3.63, 3.8) is 0 Å². The highest BCUT2D eigenvalue weighted by Gasteiger charge is 2.31. The molecule has 1 aliphatic heterocycles. The van der Waals surface area contributed by atoms with Gasteiger partial charge in [0, 0.05) is 30.6 Å². The SMILES string of the molecule is CC(=O)O.COc1cc(C(Nc2ccc(C(=N)N)cc2)c2nn(-c3ncccn3)c(=O)[nH]2)cc2c1OCC(=O)N2CCF. The van der Waals surface area contributed by atoms with E-state index in [1.165, 1.54) is 24.4 Å². The van der Waals surface area contributed by atoms with E-state index in [4.69, 9.17) is 30.5 Å². The number of H-pyrrole nitrogens is 1. The second-order valence-electron chi connectivity index (χ2n) is 8.96. The zero-order valence-corrected chi connectivity index (χ0v) is 23.1. The Morgan fingerprint density at radius 1 is 1.26 bits per heavy atom. The number of methoxy groups -OCH3 is 1. The number of nitrogens with two attached hydrogens (primary N) is 1. The molecule has 1 unspecified atom stereocenters. The molecule has 1 atom stereocenters. The van der Waals surface area contributed by atoms with Gasteiger partial charge in [0.25, 0.3) is 17.8 Å². The minimum absolute atomic E-state index is 0.0747. The fraction of sp³-hybridized carbons (Fsp3) is 0.222. The Hall–Kier alpha value is -5.80. The van der Waals surface area contributed by atoms with Crippen LogP contribution in [0.4, 0.5) is 15.8 Å². The summed E-state index contributed by atoms with van der Waals surface area (Å²) in [6.07, 6.45) is 2.97. The third kappa shape index (κ3) is 6.92. The van der Waals surface area contributed by atoms with Crippen LogP contribution in [-0.2, 0) is 9.59 Å². The smallest absolute Gasteiger partial charge is 0.350 e. The van der Waals surface area contributed by atoms with Gasteiger partial charge < -0.3 is 30.5 Å². The standard InChI is InChI=1S/C25H24FN9O4.C2H4O2/c1-38-18-12-15(11-17-21(18)39-13-19(36)34(17)10-7-26)20(31-16-5-3-14(4-6-16)22(27)28)23-32-25(37)35(33-23)24-29-8-2-9-30-24;1-2(3)4/h2-6,8-9,11-12,20,31H,7,10,13H2,1H3,(H3,27,28)(H,32,33,37);1H3,(H,3,4). The number of aromatic nitrogens is 5. The zero-order chi connectivity index (χ0) is 31.1. The molecule has 0 radical (unpaired) electrons. The third-order valence-corrected chi connectivity index (χ3v) is 6.01. The molecule has 2 aromatic heterocycles. The summed E-state index contributed by atoms with van der Waals surface area (Å²) < 4.78 is 25.6. The second kappa shape index (κ2) is 13.2. The van der Waals surface area contributed by atoms with Gasteiger partial charge in [0.2, 0.25) is 0 Å². The molecule has 1 aliphatic rings. The van der Waals surface area contributed by atoms with Crippen molar-refractivity contribution in [2.75, 3.05) is 37.2 Å². The van der Waals surface area contributed by atoms with E-state index in [0.717, 1.165) is 11.6 Å². The maximum Gasteiger partial charge on any atom is 0.350 e. The van der Waals surface area contributed by atoms with Gasteiger partial charge in [0.05, 0.1) is 19.3 Å². The summed E-state index contributed by atoms with van der Waals surface area (Å²) in [5.41, 5.74) is 7.00. The molecule has 224 valence electrons. The van der Waals surface area contributed by atoms with Crippen LogP contribution in [0.1, 0.15) is 29.9 Å². The Morgan fingerprint density at radius 3 is 2.53 bits per heavy atom. The number of amidine groups is 1. The van der Waals surface area contributed by atoms with E-state index >= 15 is 0 Å². The first-order valence-corrected chi connectivity index (χ1v) is 12.7. The predicted molar refractivity (Wildman–Crippen MR) is 153 cm³/mol. The number of nitrogens with one attached hydrogen (secondary N) is 3. The minimum atomic E-state index is -0.833. The average Bonchev–Trinajstić information content (AvgIpc) is 3.38. The number of anilines is 2. The van der Waals surface area contributed by atoms with E-state index in [2.05, 4.69) is 25.4 Å². The number of amides is 1. The van der Waals surface area contributed by atoms with Crippen LogP contribution in [0.2, 0.25) is 0 Å². The zero-order valence-electron chi connectivity index (χ0n) is 23.1. The molecule has 0 bridgehead atoms. The van der Waals surface area contributed by atoms with Crippen molar-refractivity contribution in [2.45, 2.75) is 13.0 Å². The second-order valence-corrected chi connectivity index (χ2v) is 8.96. The van der Waals surface area contributed by atoms with Gasteiger partial charge in [-0.3, -0.25) is 20.0 Å². The minimum Gasteiger partial charge on any atom is -0.493 e. The van der Waals surface area contributed by atoms with Gasteiger partial charge in [-0.2, -0.15) is 0 Å². The van der Waals surface area contributed by atoms with Crippen LogP contribution in [0.3, 0.4) is 0 Å². The molecule has 16 heteroatoms. The molecule has 4 aromatic rings. The number of hydrogen-bond acceptors (Lipinski definition) is 10. The molecule has 0 fully saturated rings. The van der Waals surface area contributed by atoms with Gasteiger partial charge in [-0.1, -0.05) is 0 Å². The lowest BCUT2D eigenvalue weighted by molar-refractivity contribution is -0.134. The number of aromatic amines is 1. The van der Waals surface area contributed by atoms with Gasteiger partial charge in [-0.05, 0) is 48.0 Å². The Balaban J connectivity index is 0.000000996. The normalized spacial score (nSPS) is 12.7. The number of carbonyl (C=O) groups is 2. The molecular formula is C27H28FN9O6. The number of nitrogen functional groups attached to an aromatic ring is 1. The van der Waals surface area contributed by atoms with E-state index in [1.807, 2.05) is 0 Å². The number of hydrogen-bond donors (Lipinski definition) is 5. The molecule has 0 spiro atoms. The van der Waals surface area contributed by atoms with Gasteiger partial charge in [-0.15, -0.1) is 9.78 Å². The average molecular weight is 594 g/mol. The largest absolute Gasteiger partial charge is 0.493 e. The van der Waals surface area contributed by atoms with Gasteiger partial charge >= 0.3 is 5.69 Å². The maximum atomic E-state index is 13.4. The molecule has 43 heavy (non-hydrogen) atoms. The Labute approximate surface area is 243 Å². The lowest BCUT2D eigenvalue weighted by atomic mass is 10.0. The Morgan fingerprint density at radius 2 is 1.93 bits per heavy atom. The summed E-state index contributed by atoms with van der Waals surface area (Å²) in [6.45, 7) is -0.0818. The molecule has 3 heterocycles. The molecule has 0 aliphatic carbocycles. The van der Waals surface area contributed by atoms with Crippen molar-refractivity contribution in [3.8, 4) is 17.4 Å². The van der Waals surface area contributed by atoms with E-state index < -0.39 is 30.3 Å². The molecule has 0 saturated heterocycles. The monoisotopic (exact) mass is 593 g/mol. The number of ether oxygens (including phenoxy) is 2. The first-order valence-electron chi connectivity index (χ1n) is 12.7. The van der Waals surface area contributed by atoms with Crippen molar-refractivity contribution in [1.29, 1.82) is 5.41 Å². The highest BCUT2D eigenvalue weighted by Crippen LogP contribution is 2.43. The summed E-state index contributed by atoms with van der Waals surface area (Å²) in [7, 11) is 1.45. The molecule has 15 nitrogen and oxygen atoms in total. The topological polar surface area (TPSA) is 214 Å². The van der Waals surface area contributed by atoms with Crippen LogP contribution in [-0.4, -0.2) is 74.5 Å². The predicted octanol–water partition coefficient (Wildman–Crippen LogP) is 1.63. The first-order chi connectivity index (χ1) is 20.6. The molecule has 2 aromatic carbocycles. The summed E-state index contributed by atoms with van der Waals surface area (Å²) in [5, 5.41) is 22.8. The van der Waals surface area contributed by atoms with Crippen LogP contribution < -0.4 is 31.1 Å². The fourth-order valence-corrected chi connectivity index (χ4v) is 4.18. The van der Waals surface area contributed by atoms with Crippen LogP contribution >= 0.6 is 0 Å². The highest BCUT2D eigenvalue weighted by molar-refractivity contribution is 5.99. The number of carboxylic acid groups (broad SMARTS) is 1. The van der Waals surface area contributed by atoms with E-state index in [1.54, 1.807) is 42.5 Å². The van der Waals surface area contributed by atoms with Gasteiger partial charge in [0.15, 0.2) is 23.9 Å². The Kier molecular flexibility index (Phi) is 9.29. The number of alkyl halides is 1. The van der Waals surface area contributed by atoms with Crippen molar-refractivity contribution >= 4 is 29.1 Å². The highest BCUT2D eigenvalue weighted by atomic mass is 19.1. The molecule has 1 amide bonds. The lowest BCUT2D eigenvalue weighted by Gasteiger charge is -2.31.